The van der Waals surface area contributed by atoms with Crippen molar-refractivity contribution in [3.8, 4) is 11.1 Å². The third-order valence-electron chi connectivity index (χ3n) is 5.03. The van der Waals surface area contributed by atoms with Gasteiger partial charge in [-0.15, -0.1) is 0 Å². The van der Waals surface area contributed by atoms with Crippen LogP contribution in [0.1, 0.15) is 40.6 Å². The Hall–Kier alpha value is -3.01. The van der Waals surface area contributed by atoms with Crippen molar-refractivity contribution in [1.82, 2.24) is 9.88 Å². The highest BCUT2D eigenvalue weighted by Crippen LogP contribution is 2.34. The maximum atomic E-state index is 13.3. The molecule has 3 aromatic rings. The van der Waals surface area contributed by atoms with Gasteiger partial charge in [-0.25, -0.2) is 4.39 Å². The van der Waals surface area contributed by atoms with E-state index in [9.17, 15) is 9.18 Å². The molecule has 1 saturated heterocycles. The molecule has 0 N–H and O–H groups in total. The van der Waals surface area contributed by atoms with Gasteiger partial charge in [-0.3, -0.25) is 9.78 Å². The molecular weight excluding hydrogens is 339 g/mol. The smallest absolute Gasteiger partial charge is 0.254 e. The maximum absolute atomic E-state index is 13.3. The summed E-state index contributed by atoms with van der Waals surface area (Å²) in [7, 11) is 0. The quantitative estimate of drug-likeness (QED) is 0.645. The summed E-state index contributed by atoms with van der Waals surface area (Å²) in [5, 5.41) is 0. The molecule has 2 aromatic carbocycles. The molecule has 4 rings (SSSR count). The summed E-state index contributed by atoms with van der Waals surface area (Å²) in [4.78, 5) is 19.6. The average molecular weight is 360 g/mol. The first-order chi connectivity index (χ1) is 13.1. The number of likely N-dealkylation sites (tertiary alicyclic amines) is 1. The largest absolute Gasteiger partial charge is 0.330 e. The zero-order chi connectivity index (χ0) is 18.8. The summed E-state index contributed by atoms with van der Waals surface area (Å²) in [6.07, 6.45) is 1.86. The van der Waals surface area contributed by atoms with E-state index in [1.54, 1.807) is 12.1 Å². The second-order valence-electron chi connectivity index (χ2n) is 6.95. The van der Waals surface area contributed by atoms with Crippen LogP contribution < -0.4 is 0 Å². The predicted molar refractivity (Wildman–Crippen MR) is 104 cm³/mol. The predicted octanol–water partition coefficient (Wildman–Crippen LogP) is 5.17. The van der Waals surface area contributed by atoms with Crippen LogP contribution in [-0.2, 0) is 0 Å². The molecule has 1 atom stereocenters. The van der Waals surface area contributed by atoms with Gasteiger partial charge in [-0.2, -0.15) is 0 Å². The highest BCUT2D eigenvalue weighted by atomic mass is 19.1. The van der Waals surface area contributed by atoms with E-state index in [1.165, 1.54) is 12.1 Å². The van der Waals surface area contributed by atoms with E-state index in [2.05, 4.69) is 0 Å². The number of benzene rings is 2. The summed E-state index contributed by atoms with van der Waals surface area (Å²) in [5.41, 5.74) is 4.44. The molecule has 0 saturated carbocycles. The number of amides is 1. The number of aromatic nitrogens is 1. The molecule has 4 heteroatoms. The van der Waals surface area contributed by atoms with Gasteiger partial charge in [0.2, 0.25) is 0 Å². The van der Waals surface area contributed by atoms with Gasteiger partial charge in [0, 0.05) is 17.8 Å². The van der Waals surface area contributed by atoms with Gasteiger partial charge in [0.25, 0.3) is 5.91 Å². The number of aryl methyl sites for hydroxylation is 1. The lowest BCUT2D eigenvalue weighted by Crippen LogP contribution is -2.31. The molecule has 3 nitrogen and oxygen atoms in total. The van der Waals surface area contributed by atoms with Crippen LogP contribution in [0.2, 0.25) is 0 Å². The van der Waals surface area contributed by atoms with Crippen molar-refractivity contribution < 1.29 is 9.18 Å². The van der Waals surface area contributed by atoms with Crippen LogP contribution in [0.5, 0.6) is 0 Å². The van der Waals surface area contributed by atoms with Crippen molar-refractivity contribution in [3.63, 3.8) is 0 Å². The summed E-state index contributed by atoms with van der Waals surface area (Å²) >= 11 is 0. The monoisotopic (exact) mass is 360 g/mol. The standard InChI is InChI=1S/C23H21FN2O/c1-16-14-19(17-9-11-20(24)12-10-17)15-21(25-16)22-8-5-13-26(22)23(27)18-6-3-2-4-7-18/h2-4,6-7,9-12,14-15,22H,5,8,13H2,1H3/t22-/m0/s1. The lowest BCUT2D eigenvalue weighted by molar-refractivity contribution is 0.0733. The van der Waals surface area contributed by atoms with Crippen LogP contribution in [-0.4, -0.2) is 22.3 Å². The molecule has 1 aliphatic rings. The second-order valence-corrected chi connectivity index (χ2v) is 6.95. The Labute approximate surface area is 158 Å². The number of pyridine rings is 1. The number of rotatable bonds is 3. The minimum absolute atomic E-state index is 0.0307. The van der Waals surface area contributed by atoms with Gasteiger partial charge < -0.3 is 4.90 Å². The molecular formula is C23H21FN2O. The summed E-state index contributed by atoms with van der Waals surface area (Å²) in [6.45, 7) is 2.69. The Morgan fingerprint density at radius 3 is 2.52 bits per heavy atom. The van der Waals surface area contributed by atoms with Gasteiger partial charge in [-0.1, -0.05) is 30.3 Å². The highest BCUT2D eigenvalue weighted by molar-refractivity contribution is 5.94. The Morgan fingerprint density at radius 2 is 1.78 bits per heavy atom. The minimum atomic E-state index is -0.250. The molecule has 0 bridgehead atoms. The molecule has 0 unspecified atom stereocenters. The topological polar surface area (TPSA) is 33.2 Å². The van der Waals surface area contributed by atoms with Crippen molar-refractivity contribution in [1.29, 1.82) is 0 Å². The zero-order valence-electron chi connectivity index (χ0n) is 15.2. The lowest BCUT2D eigenvalue weighted by Gasteiger charge is -2.25. The second kappa shape index (κ2) is 7.31. The molecule has 2 heterocycles. The zero-order valence-corrected chi connectivity index (χ0v) is 15.2. The minimum Gasteiger partial charge on any atom is -0.330 e. The number of carbonyl (C=O) groups excluding carboxylic acids is 1. The number of halogens is 1. The summed E-state index contributed by atoms with van der Waals surface area (Å²) < 4.78 is 13.3. The Balaban J connectivity index is 1.68. The van der Waals surface area contributed by atoms with Crippen LogP contribution in [0, 0.1) is 12.7 Å². The van der Waals surface area contributed by atoms with E-state index in [0.29, 0.717) is 5.56 Å². The van der Waals surface area contributed by atoms with Crippen LogP contribution in [0.3, 0.4) is 0 Å². The SMILES string of the molecule is Cc1cc(-c2ccc(F)cc2)cc([C@@H]2CCCN2C(=O)c2ccccc2)n1. The normalized spacial score (nSPS) is 16.5. The molecule has 1 aromatic heterocycles. The molecule has 0 aliphatic carbocycles. The molecule has 0 radical (unpaired) electrons. The van der Waals surface area contributed by atoms with Gasteiger partial charge in [0.05, 0.1) is 11.7 Å². The lowest BCUT2D eigenvalue weighted by atomic mass is 10.0. The molecule has 0 spiro atoms. The molecule has 1 amide bonds. The molecule has 27 heavy (non-hydrogen) atoms. The van der Waals surface area contributed by atoms with Crippen molar-refractivity contribution in [2.45, 2.75) is 25.8 Å². The fourth-order valence-electron chi connectivity index (χ4n) is 3.74. The van der Waals surface area contributed by atoms with Gasteiger partial charge >= 0.3 is 0 Å². The van der Waals surface area contributed by atoms with Crippen molar-refractivity contribution >= 4 is 5.91 Å². The fourth-order valence-corrected chi connectivity index (χ4v) is 3.74. The van der Waals surface area contributed by atoms with Gasteiger partial charge in [0.15, 0.2) is 0 Å². The van der Waals surface area contributed by atoms with E-state index in [-0.39, 0.29) is 17.8 Å². The number of nitrogens with zero attached hydrogens (tertiary/aromatic N) is 2. The fraction of sp³-hybridized carbons (Fsp3) is 0.217. The van der Waals surface area contributed by atoms with Crippen LogP contribution in [0.4, 0.5) is 4.39 Å². The molecule has 136 valence electrons. The maximum Gasteiger partial charge on any atom is 0.254 e. The number of hydrogen-bond donors (Lipinski definition) is 0. The third-order valence-corrected chi connectivity index (χ3v) is 5.03. The van der Waals surface area contributed by atoms with Crippen molar-refractivity contribution in [2.75, 3.05) is 6.54 Å². The van der Waals surface area contributed by atoms with Crippen molar-refractivity contribution in [3.05, 3.63) is 89.5 Å². The Morgan fingerprint density at radius 1 is 1.04 bits per heavy atom. The first kappa shape index (κ1) is 17.4. The third kappa shape index (κ3) is 3.61. The van der Waals surface area contributed by atoms with Crippen LogP contribution >= 0.6 is 0 Å². The molecule has 1 aliphatic heterocycles. The highest BCUT2D eigenvalue weighted by Gasteiger charge is 2.31. The molecule has 1 fully saturated rings. The van der Waals surface area contributed by atoms with Crippen molar-refractivity contribution in [2.24, 2.45) is 0 Å². The van der Waals surface area contributed by atoms with Crippen LogP contribution in [0.25, 0.3) is 11.1 Å². The van der Waals surface area contributed by atoms with Gasteiger partial charge in [-0.05, 0) is 67.3 Å². The summed E-state index contributed by atoms with van der Waals surface area (Å²) in [5.74, 6) is -0.204. The number of hydrogen-bond acceptors (Lipinski definition) is 2. The first-order valence-corrected chi connectivity index (χ1v) is 9.22. The van der Waals surface area contributed by atoms with E-state index < -0.39 is 0 Å². The van der Waals surface area contributed by atoms with Crippen LogP contribution in [0.15, 0.2) is 66.7 Å². The Bertz CT molecular complexity index is 954. The average Bonchev–Trinajstić information content (AvgIpc) is 3.18. The van der Waals surface area contributed by atoms with E-state index in [1.807, 2.05) is 54.3 Å². The van der Waals surface area contributed by atoms with E-state index >= 15 is 0 Å². The van der Waals surface area contributed by atoms with Gasteiger partial charge in [0.1, 0.15) is 5.82 Å². The Kier molecular flexibility index (Phi) is 4.71. The van der Waals surface area contributed by atoms with E-state index in [0.717, 1.165) is 41.9 Å². The first-order valence-electron chi connectivity index (χ1n) is 9.22. The van der Waals surface area contributed by atoms with E-state index in [4.69, 9.17) is 4.98 Å². The number of carbonyl (C=O) groups is 1. The summed E-state index contributed by atoms with van der Waals surface area (Å²) in [6, 6.07) is 19.9.